The molecule has 7 N–H and O–H groups in total. The largest absolute Gasteiger partial charge is 0.492 e. The van der Waals surface area contributed by atoms with Crippen LogP contribution in [0.1, 0.15) is 72.6 Å². The topological polar surface area (TPSA) is 230 Å². The van der Waals surface area contributed by atoms with Gasteiger partial charge in [0.1, 0.15) is 11.5 Å². The van der Waals surface area contributed by atoms with Crippen LogP contribution in [0, 0.1) is 11.8 Å². The maximum absolute atomic E-state index is 13.1. The summed E-state index contributed by atoms with van der Waals surface area (Å²) in [4.78, 5) is 86.8. The Morgan fingerprint density at radius 3 is 1.30 bits per heavy atom. The van der Waals surface area contributed by atoms with Crippen molar-refractivity contribution in [3.05, 3.63) is 71.3 Å². The van der Waals surface area contributed by atoms with E-state index in [4.69, 9.17) is 9.47 Å². The van der Waals surface area contributed by atoms with Crippen LogP contribution in [0.4, 0.5) is 22.7 Å². The molecule has 0 aliphatic rings. The van der Waals surface area contributed by atoms with Crippen LogP contribution >= 0.6 is 0 Å². The van der Waals surface area contributed by atoms with Gasteiger partial charge in [-0.25, -0.2) is 4.79 Å². The molecule has 0 heterocycles. The van der Waals surface area contributed by atoms with E-state index in [0.29, 0.717) is 24.6 Å². The van der Waals surface area contributed by atoms with E-state index < -0.39 is 42.7 Å². The molecule has 0 aromatic heterocycles. The average molecular weight is 733 g/mol. The quantitative estimate of drug-likeness (QED) is 0.105. The van der Waals surface area contributed by atoms with E-state index in [9.17, 15) is 38.7 Å². The third-order valence-corrected chi connectivity index (χ3v) is 6.80. The number of carbonyl (C=O) groups is 7. The molecule has 3 aromatic carbocycles. The molecule has 53 heavy (non-hydrogen) atoms. The molecule has 0 fully saturated rings. The van der Waals surface area contributed by atoms with Crippen molar-refractivity contribution in [1.82, 2.24) is 10.6 Å². The molecule has 16 heteroatoms. The number of rotatable bonds is 17. The van der Waals surface area contributed by atoms with Crippen molar-refractivity contribution >= 4 is 64.2 Å². The molecule has 0 aliphatic carbocycles. The predicted molar refractivity (Wildman–Crippen MR) is 197 cm³/mol. The van der Waals surface area contributed by atoms with Crippen molar-refractivity contribution < 1.29 is 48.1 Å². The minimum atomic E-state index is -1.35. The Bertz CT molecular complexity index is 1750. The molecule has 3 rings (SSSR count). The lowest BCUT2D eigenvalue weighted by molar-refractivity contribution is -0.116. The van der Waals surface area contributed by atoms with Gasteiger partial charge in [-0.3, -0.25) is 28.8 Å². The van der Waals surface area contributed by atoms with Gasteiger partial charge in [0.2, 0.25) is 23.6 Å². The Kier molecular flexibility index (Phi) is 14.9. The van der Waals surface area contributed by atoms with E-state index in [0.717, 1.165) is 12.1 Å². The maximum atomic E-state index is 13.1. The number of hydrogen-bond donors (Lipinski definition) is 7. The molecular formula is C37H44N6O10. The standard InChI is InChI=1S/C37H44N6O10/c1-20(2)18-52-31-9-7-25(40-22(5)44)14-29(31)35(48)38-16-33(46)42-27-11-24(37(50)51)12-28(13-27)43-34(47)17-39-36(49)30-15-26(41-23(6)45)8-10-32(30)53-19-21(3)4/h7-15,20-21H,16-19H2,1-6H3,(H,38,48)(H,39,49)(H,40,44)(H,41,45)(H,42,46)(H,43,47)(H,50,51). The summed E-state index contributed by atoms with van der Waals surface area (Å²) in [5.74, 6) is -4.00. The van der Waals surface area contributed by atoms with Crippen LogP contribution in [0.2, 0.25) is 0 Å². The molecule has 0 saturated carbocycles. The molecule has 0 bridgehead atoms. The highest BCUT2D eigenvalue weighted by Gasteiger charge is 2.19. The summed E-state index contributed by atoms with van der Waals surface area (Å²) < 4.78 is 11.5. The number of amides is 6. The van der Waals surface area contributed by atoms with Gasteiger partial charge in [0, 0.05) is 36.6 Å². The van der Waals surface area contributed by atoms with Gasteiger partial charge in [-0.1, -0.05) is 27.7 Å². The van der Waals surface area contributed by atoms with Crippen LogP contribution in [-0.2, 0) is 19.2 Å². The summed E-state index contributed by atoms with van der Waals surface area (Å²) >= 11 is 0. The SMILES string of the molecule is CC(=O)Nc1ccc(OCC(C)C)c(C(=O)NCC(=O)Nc2cc(NC(=O)CNC(=O)c3cc(NC(C)=O)ccc3OCC(C)C)cc(C(=O)O)c2)c1. The number of hydrogen-bond acceptors (Lipinski definition) is 9. The van der Waals surface area contributed by atoms with Crippen molar-refractivity contribution in [1.29, 1.82) is 0 Å². The van der Waals surface area contributed by atoms with E-state index in [1.165, 1.54) is 44.2 Å². The first-order valence-corrected chi connectivity index (χ1v) is 16.6. The van der Waals surface area contributed by atoms with E-state index in [1.54, 1.807) is 12.1 Å². The van der Waals surface area contributed by atoms with Gasteiger partial charge >= 0.3 is 5.97 Å². The number of aromatic carboxylic acids is 1. The van der Waals surface area contributed by atoms with Gasteiger partial charge in [0.05, 0.1) is 43.0 Å². The lowest BCUT2D eigenvalue weighted by Crippen LogP contribution is -2.33. The van der Waals surface area contributed by atoms with Crippen LogP contribution in [0.25, 0.3) is 0 Å². The number of anilines is 4. The zero-order valence-electron chi connectivity index (χ0n) is 30.3. The molecule has 0 spiro atoms. The van der Waals surface area contributed by atoms with Crippen molar-refractivity contribution in [2.75, 3.05) is 47.6 Å². The van der Waals surface area contributed by atoms with E-state index >= 15 is 0 Å². The highest BCUT2D eigenvalue weighted by molar-refractivity contribution is 6.04. The Labute approximate surface area is 306 Å². The lowest BCUT2D eigenvalue weighted by Gasteiger charge is -2.15. The molecular weight excluding hydrogens is 688 g/mol. The second-order valence-corrected chi connectivity index (χ2v) is 12.8. The molecule has 0 aliphatic heterocycles. The molecule has 0 saturated heterocycles. The fraction of sp³-hybridized carbons (Fsp3) is 0.324. The zero-order chi connectivity index (χ0) is 39.2. The molecule has 6 amide bonds. The number of benzene rings is 3. The van der Waals surface area contributed by atoms with Gasteiger partial charge in [-0.2, -0.15) is 0 Å². The Hall–Kier alpha value is -6.45. The summed E-state index contributed by atoms with van der Waals surface area (Å²) in [6.07, 6.45) is 0. The summed E-state index contributed by atoms with van der Waals surface area (Å²) in [6.45, 7) is 9.95. The van der Waals surface area contributed by atoms with Crippen molar-refractivity contribution in [3.8, 4) is 11.5 Å². The first-order chi connectivity index (χ1) is 25.0. The van der Waals surface area contributed by atoms with Gasteiger partial charge in [-0.15, -0.1) is 0 Å². The van der Waals surface area contributed by atoms with Gasteiger partial charge in [0.25, 0.3) is 11.8 Å². The predicted octanol–water partition coefficient (Wildman–Crippen LogP) is 4.11. The van der Waals surface area contributed by atoms with Crippen LogP contribution in [0.3, 0.4) is 0 Å². The smallest absolute Gasteiger partial charge is 0.335 e. The van der Waals surface area contributed by atoms with Crippen LogP contribution in [0.15, 0.2) is 54.6 Å². The molecule has 3 aromatic rings. The molecule has 0 atom stereocenters. The number of carboxylic acids is 1. The fourth-order valence-electron chi connectivity index (χ4n) is 4.56. The van der Waals surface area contributed by atoms with E-state index in [1.807, 2.05) is 27.7 Å². The normalized spacial score (nSPS) is 10.6. The summed E-state index contributed by atoms with van der Waals surface area (Å²) in [5, 5.41) is 24.8. The highest BCUT2D eigenvalue weighted by Crippen LogP contribution is 2.25. The number of carbonyl (C=O) groups excluding carboxylic acids is 6. The third kappa shape index (κ3) is 13.7. The van der Waals surface area contributed by atoms with Gasteiger partial charge in [-0.05, 0) is 66.4 Å². The minimum Gasteiger partial charge on any atom is -0.492 e. The summed E-state index contributed by atoms with van der Waals surface area (Å²) in [5.41, 5.74) is 0.580. The second kappa shape index (κ2) is 19.2. The van der Waals surface area contributed by atoms with Crippen LogP contribution in [-0.4, -0.2) is 72.8 Å². The second-order valence-electron chi connectivity index (χ2n) is 12.8. The van der Waals surface area contributed by atoms with E-state index in [2.05, 4.69) is 31.9 Å². The number of carboxylic acid groups (broad SMARTS) is 1. The number of nitrogens with one attached hydrogen (secondary N) is 6. The minimum absolute atomic E-state index is 0.00109. The Morgan fingerprint density at radius 2 is 0.962 bits per heavy atom. The Balaban J connectivity index is 1.69. The van der Waals surface area contributed by atoms with Gasteiger partial charge in [0.15, 0.2) is 0 Å². The first kappa shape index (κ1) is 41.0. The third-order valence-electron chi connectivity index (χ3n) is 6.80. The maximum Gasteiger partial charge on any atom is 0.335 e. The van der Waals surface area contributed by atoms with Gasteiger partial charge < -0.3 is 46.5 Å². The monoisotopic (exact) mass is 732 g/mol. The molecule has 282 valence electrons. The molecule has 16 nitrogen and oxygen atoms in total. The van der Waals surface area contributed by atoms with Crippen LogP contribution < -0.4 is 41.4 Å². The van der Waals surface area contributed by atoms with Crippen molar-refractivity contribution in [2.24, 2.45) is 11.8 Å². The zero-order valence-corrected chi connectivity index (χ0v) is 30.3. The van der Waals surface area contributed by atoms with E-state index in [-0.39, 0.29) is 63.2 Å². The highest BCUT2D eigenvalue weighted by atomic mass is 16.5. The fourth-order valence-corrected chi connectivity index (χ4v) is 4.56. The van der Waals surface area contributed by atoms with Crippen molar-refractivity contribution in [3.63, 3.8) is 0 Å². The summed E-state index contributed by atoms with van der Waals surface area (Å²) in [7, 11) is 0. The molecule has 0 radical (unpaired) electrons. The molecule has 0 unspecified atom stereocenters. The van der Waals surface area contributed by atoms with Crippen LogP contribution in [0.5, 0.6) is 11.5 Å². The number of ether oxygens (including phenoxy) is 2. The first-order valence-electron chi connectivity index (χ1n) is 16.6. The summed E-state index contributed by atoms with van der Waals surface area (Å²) in [6, 6.07) is 12.7. The average Bonchev–Trinajstić information content (AvgIpc) is 3.07. The Morgan fingerprint density at radius 1 is 0.566 bits per heavy atom. The van der Waals surface area contributed by atoms with Crippen molar-refractivity contribution in [2.45, 2.75) is 41.5 Å². The lowest BCUT2D eigenvalue weighted by atomic mass is 10.1.